The molecule has 4 nitrogen and oxygen atoms in total. The second kappa shape index (κ2) is 7.23. The molecule has 0 saturated carbocycles. The van der Waals surface area contributed by atoms with E-state index in [-0.39, 0.29) is 18.2 Å². The number of hydrogen-bond donors (Lipinski definition) is 1. The van der Waals surface area contributed by atoms with Gasteiger partial charge in [-0.05, 0) is 30.4 Å². The summed E-state index contributed by atoms with van der Waals surface area (Å²) in [6, 6.07) is 5.02. The van der Waals surface area contributed by atoms with Crippen LogP contribution in [-0.4, -0.2) is 35.0 Å². The first-order valence-corrected chi connectivity index (χ1v) is 7.86. The number of rotatable bonds is 4. The minimum atomic E-state index is -4.40. The van der Waals surface area contributed by atoms with Gasteiger partial charge in [-0.2, -0.15) is 13.2 Å². The Morgan fingerprint density at radius 1 is 1.29 bits per heavy atom. The van der Waals surface area contributed by atoms with Gasteiger partial charge < -0.3 is 10.0 Å². The van der Waals surface area contributed by atoms with Crippen LogP contribution in [0.15, 0.2) is 24.3 Å². The number of piperidine rings is 1. The molecule has 1 aromatic rings. The predicted octanol–water partition coefficient (Wildman–Crippen LogP) is 3.52. The molecule has 1 fully saturated rings. The Kier molecular flexibility index (Phi) is 5.51. The number of benzene rings is 1. The monoisotopic (exact) mass is 343 g/mol. The number of hydrogen-bond acceptors (Lipinski definition) is 2. The van der Waals surface area contributed by atoms with Crippen molar-refractivity contribution in [1.29, 1.82) is 0 Å². The fourth-order valence-electron chi connectivity index (χ4n) is 2.91. The number of carboxylic acids is 1. The highest BCUT2D eigenvalue weighted by atomic mass is 19.4. The number of carbonyl (C=O) groups is 2. The van der Waals surface area contributed by atoms with E-state index in [1.54, 1.807) is 17.9 Å². The minimum absolute atomic E-state index is 0.110. The normalized spacial score (nSPS) is 17.6. The highest BCUT2D eigenvalue weighted by molar-refractivity contribution is 5.78. The Morgan fingerprint density at radius 2 is 1.92 bits per heavy atom. The SMILES string of the molecule is C[C@@H](CC(=O)N1CCC(C(=O)O)CC1)c1cccc(C(F)(F)F)c1. The number of halogens is 3. The molecule has 1 N–H and O–H groups in total. The number of nitrogens with zero attached hydrogens (tertiary/aromatic N) is 1. The summed E-state index contributed by atoms with van der Waals surface area (Å²) in [5, 5.41) is 8.95. The number of carbonyl (C=O) groups excluding carboxylic acids is 1. The molecule has 24 heavy (non-hydrogen) atoms. The van der Waals surface area contributed by atoms with E-state index >= 15 is 0 Å². The van der Waals surface area contributed by atoms with Gasteiger partial charge in [-0.25, -0.2) is 0 Å². The molecular formula is C17H20F3NO3. The fourth-order valence-corrected chi connectivity index (χ4v) is 2.91. The summed E-state index contributed by atoms with van der Waals surface area (Å²) in [6.07, 6.45) is -3.46. The molecule has 0 aromatic heterocycles. The van der Waals surface area contributed by atoms with Crippen LogP contribution >= 0.6 is 0 Å². The number of likely N-dealkylation sites (tertiary alicyclic amines) is 1. The third-order valence-corrected chi connectivity index (χ3v) is 4.46. The van der Waals surface area contributed by atoms with Gasteiger partial charge in [0.25, 0.3) is 0 Å². The van der Waals surface area contributed by atoms with Crippen LogP contribution in [0.2, 0.25) is 0 Å². The van der Waals surface area contributed by atoms with E-state index in [1.165, 1.54) is 6.07 Å². The molecule has 7 heteroatoms. The lowest BCUT2D eigenvalue weighted by Crippen LogP contribution is -2.40. The number of carboxylic acid groups (broad SMARTS) is 1. The van der Waals surface area contributed by atoms with Crippen molar-refractivity contribution in [2.45, 2.75) is 38.3 Å². The predicted molar refractivity (Wildman–Crippen MR) is 81.4 cm³/mol. The van der Waals surface area contributed by atoms with Crippen molar-refractivity contribution in [3.8, 4) is 0 Å². The van der Waals surface area contributed by atoms with Gasteiger partial charge in [0.05, 0.1) is 11.5 Å². The number of alkyl halides is 3. The van der Waals surface area contributed by atoms with E-state index < -0.39 is 23.6 Å². The maximum atomic E-state index is 12.8. The molecule has 0 bridgehead atoms. The molecular weight excluding hydrogens is 323 g/mol. The average Bonchev–Trinajstić information content (AvgIpc) is 2.54. The summed E-state index contributed by atoms with van der Waals surface area (Å²) in [4.78, 5) is 24.8. The average molecular weight is 343 g/mol. The first-order chi connectivity index (χ1) is 11.2. The highest BCUT2D eigenvalue weighted by Gasteiger charge is 2.31. The zero-order chi connectivity index (χ0) is 17.9. The second-order valence-corrected chi connectivity index (χ2v) is 6.22. The van der Waals surface area contributed by atoms with Crippen LogP contribution in [-0.2, 0) is 15.8 Å². The lowest BCUT2D eigenvalue weighted by molar-refractivity contribution is -0.145. The molecule has 1 aliphatic rings. The van der Waals surface area contributed by atoms with E-state index in [9.17, 15) is 22.8 Å². The van der Waals surface area contributed by atoms with E-state index in [2.05, 4.69) is 0 Å². The molecule has 1 aliphatic heterocycles. The third-order valence-electron chi connectivity index (χ3n) is 4.46. The molecule has 0 unspecified atom stereocenters. The van der Waals surface area contributed by atoms with E-state index in [0.717, 1.165) is 12.1 Å². The van der Waals surface area contributed by atoms with Gasteiger partial charge in [0.15, 0.2) is 0 Å². The molecule has 1 aromatic carbocycles. The van der Waals surface area contributed by atoms with Crippen molar-refractivity contribution in [2.75, 3.05) is 13.1 Å². The van der Waals surface area contributed by atoms with Crippen LogP contribution in [0.5, 0.6) is 0 Å². The van der Waals surface area contributed by atoms with Crippen molar-refractivity contribution in [1.82, 2.24) is 4.90 Å². The standard InChI is InChI=1S/C17H20F3NO3/c1-11(13-3-2-4-14(10-13)17(18,19)20)9-15(22)21-7-5-12(6-8-21)16(23)24/h2-4,10-12H,5-9H2,1H3,(H,23,24)/t11-/m0/s1. The summed E-state index contributed by atoms with van der Waals surface area (Å²) in [5.41, 5.74) is -0.250. The van der Waals surface area contributed by atoms with Crippen LogP contribution in [0.4, 0.5) is 13.2 Å². The largest absolute Gasteiger partial charge is 0.481 e. The Morgan fingerprint density at radius 3 is 2.46 bits per heavy atom. The molecule has 0 aliphatic carbocycles. The molecule has 1 heterocycles. The first kappa shape index (κ1) is 18.3. The van der Waals surface area contributed by atoms with Crippen LogP contribution in [0.1, 0.15) is 43.2 Å². The van der Waals surface area contributed by atoms with Gasteiger partial charge in [-0.3, -0.25) is 9.59 Å². The number of aliphatic carboxylic acids is 1. The van der Waals surface area contributed by atoms with E-state index in [0.29, 0.717) is 31.5 Å². The first-order valence-electron chi connectivity index (χ1n) is 7.86. The van der Waals surface area contributed by atoms with Crippen molar-refractivity contribution >= 4 is 11.9 Å². The third kappa shape index (κ3) is 4.49. The maximum Gasteiger partial charge on any atom is 0.416 e. The summed E-state index contributed by atoms with van der Waals surface area (Å²) >= 11 is 0. The van der Waals surface area contributed by atoms with Crippen LogP contribution < -0.4 is 0 Å². The fraction of sp³-hybridized carbons (Fsp3) is 0.529. The lowest BCUT2D eigenvalue weighted by atomic mass is 9.93. The van der Waals surface area contributed by atoms with E-state index in [4.69, 9.17) is 5.11 Å². The summed E-state index contributed by atoms with van der Waals surface area (Å²) in [7, 11) is 0. The smallest absolute Gasteiger partial charge is 0.416 e. The van der Waals surface area contributed by atoms with Crippen molar-refractivity contribution in [3.05, 3.63) is 35.4 Å². The quantitative estimate of drug-likeness (QED) is 0.910. The Labute approximate surface area is 138 Å². The Balaban J connectivity index is 1.96. The van der Waals surface area contributed by atoms with Crippen LogP contribution in [0.25, 0.3) is 0 Å². The van der Waals surface area contributed by atoms with Gasteiger partial charge in [-0.15, -0.1) is 0 Å². The lowest BCUT2D eigenvalue weighted by Gasteiger charge is -2.31. The van der Waals surface area contributed by atoms with Crippen molar-refractivity contribution in [3.63, 3.8) is 0 Å². The van der Waals surface area contributed by atoms with Crippen molar-refractivity contribution in [2.24, 2.45) is 5.92 Å². The number of amides is 1. The Bertz CT molecular complexity index is 607. The zero-order valence-corrected chi connectivity index (χ0v) is 13.3. The van der Waals surface area contributed by atoms with Gasteiger partial charge >= 0.3 is 12.1 Å². The molecule has 0 spiro atoms. The van der Waals surface area contributed by atoms with Gasteiger partial charge in [0.2, 0.25) is 5.91 Å². The van der Waals surface area contributed by atoms with Crippen LogP contribution in [0.3, 0.4) is 0 Å². The molecule has 132 valence electrons. The molecule has 0 radical (unpaired) electrons. The van der Waals surface area contributed by atoms with Crippen LogP contribution in [0, 0.1) is 5.92 Å². The Hall–Kier alpha value is -2.05. The zero-order valence-electron chi connectivity index (χ0n) is 13.3. The summed E-state index contributed by atoms with van der Waals surface area (Å²) < 4.78 is 38.3. The molecule has 2 rings (SSSR count). The van der Waals surface area contributed by atoms with Crippen molar-refractivity contribution < 1.29 is 27.9 Å². The van der Waals surface area contributed by atoms with Gasteiger partial charge in [-0.1, -0.05) is 25.1 Å². The maximum absolute atomic E-state index is 12.8. The molecule has 1 saturated heterocycles. The molecule has 1 atom stereocenters. The molecule has 1 amide bonds. The van der Waals surface area contributed by atoms with Gasteiger partial charge in [0.1, 0.15) is 0 Å². The van der Waals surface area contributed by atoms with Gasteiger partial charge in [0, 0.05) is 19.5 Å². The summed E-state index contributed by atoms with van der Waals surface area (Å²) in [5.74, 6) is -1.75. The van der Waals surface area contributed by atoms with E-state index in [1.807, 2.05) is 0 Å². The topological polar surface area (TPSA) is 57.6 Å². The second-order valence-electron chi connectivity index (χ2n) is 6.22. The summed E-state index contributed by atoms with van der Waals surface area (Å²) in [6.45, 7) is 2.48. The highest BCUT2D eigenvalue weighted by Crippen LogP contribution is 2.32. The minimum Gasteiger partial charge on any atom is -0.481 e.